The zero-order valence-electron chi connectivity index (χ0n) is 8.64. The van der Waals surface area contributed by atoms with Gasteiger partial charge in [-0.1, -0.05) is 0 Å². The fraction of sp³-hybridized carbons (Fsp3) is 0.778. The van der Waals surface area contributed by atoms with Crippen molar-refractivity contribution in [2.45, 2.75) is 25.0 Å². The molecule has 1 heterocycles. The van der Waals surface area contributed by atoms with E-state index in [0.717, 1.165) is 0 Å². The topological polar surface area (TPSA) is 89.9 Å². The lowest BCUT2D eigenvalue weighted by Gasteiger charge is -2.19. The summed E-state index contributed by atoms with van der Waals surface area (Å²) in [5.74, 6) is -1.07. The summed E-state index contributed by atoms with van der Waals surface area (Å²) in [5.41, 5.74) is 0. The van der Waals surface area contributed by atoms with Crippen molar-refractivity contribution in [1.29, 1.82) is 0 Å². The van der Waals surface area contributed by atoms with Crippen molar-refractivity contribution in [1.82, 2.24) is 10.2 Å². The summed E-state index contributed by atoms with van der Waals surface area (Å²) in [4.78, 5) is 23.4. The number of carbonyl (C=O) groups is 2. The maximum absolute atomic E-state index is 11.0. The Bertz CT molecular complexity index is 256. The standard InChI is InChI=1S/C9H16N2O4/c1-10-8(13)2-3-11-5-6(12)4-7(11)9(14)15/h6-7,12H,2-5H2,1H3,(H,10,13)(H,14,15). The molecular weight excluding hydrogens is 200 g/mol. The predicted octanol–water partition coefficient (Wildman–Crippen LogP) is -1.36. The summed E-state index contributed by atoms with van der Waals surface area (Å²) in [6.07, 6.45) is -0.105. The number of aliphatic hydroxyl groups is 1. The lowest BCUT2D eigenvalue weighted by Crippen LogP contribution is -2.38. The van der Waals surface area contributed by atoms with Crippen LogP contribution in [0.25, 0.3) is 0 Å². The summed E-state index contributed by atoms with van der Waals surface area (Å²) in [6, 6.07) is -0.662. The zero-order valence-corrected chi connectivity index (χ0v) is 8.64. The highest BCUT2D eigenvalue weighted by atomic mass is 16.4. The number of hydrogen-bond acceptors (Lipinski definition) is 4. The molecule has 0 spiro atoms. The third kappa shape index (κ3) is 3.17. The first-order valence-corrected chi connectivity index (χ1v) is 4.90. The molecule has 2 unspecified atom stereocenters. The number of aliphatic carboxylic acids is 1. The molecule has 0 aliphatic carbocycles. The molecule has 0 radical (unpaired) electrons. The molecule has 6 nitrogen and oxygen atoms in total. The quantitative estimate of drug-likeness (QED) is 0.540. The number of carbonyl (C=O) groups excluding carboxylic acids is 1. The van der Waals surface area contributed by atoms with Gasteiger partial charge in [0.05, 0.1) is 6.10 Å². The third-order valence-corrected chi connectivity index (χ3v) is 2.57. The monoisotopic (exact) mass is 216 g/mol. The minimum absolute atomic E-state index is 0.125. The summed E-state index contributed by atoms with van der Waals surface area (Å²) in [7, 11) is 1.54. The van der Waals surface area contributed by atoms with E-state index in [1.165, 1.54) is 7.05 Å². The van der Waals surface area contributed by atoms with Gasteiger partial charge in [0, 0.05) is 33.0 Å². The van der Waals surface area contributed by atoms with Crippen LogP contribution in [-0.2, 0) is 9.59 Å². The van der Waals surface area contributed by atoms with Crippen LogP contribution < -0.4 is 5.32 Å². The summed E-state index contributed by atoms with van der Waals surface area (Å²) >= 11 is 0. The van der Waals surface area contributed by atoms with Crippen molar-refractivity contribution in [2.24, 2.45) is 0 Å². The average Bonchev–Trinajstić information content (AvgIpc) is 2.56. The first kappa shape index (κ1) is 11.9. The Morgan fingerprint density at radius 2 is 2.20 bits per heavy atom. The van der Waals surface area contributed by atoms with Gasteiger partial charge in [0.1, 0.15) is 6.04 Å². The molecule has 6 heteroatoms. The molecule has 3 N–H and O–H groups in total. The SMILES string of the molecule is CNC(=O)CCN1CC(O)CC1C(=O)O. The second kappa shape index (κ2) is 5.09. The summed E-state index contributed by atoms with van der Waals surface area (Å²) < 4.78 is 0. The fourth-order valence-electron chi connectivity index (χ4n) is 1.75. The third-order valence-electron chi connectivity index (χ3n) is 2.57. The van der Waals surface area contributed by atoms with Crippen molar-refractivity contribution in [3.63, 3.8) is 0 Å². The van der Waals surface area contributed by atoms with E-state index in [1.807, 2.05) is 0 Å². The van der Waals surface area contributed by atoms with Gasteiger partial charge in [-0.15, -0.1) is 0 Å². The molecule has 1 rings (SSSR count). The lowest BCUT2D eigenvalue weighted by atomic mass is 10.2. The number of β-amino-alcohol motifs (C(OH)–C–C–N with tert-alkyl or cyclic N) is 1. The molecule has 86 valence electrons. The van der Waals surface area contributed by atoms with Crippen LogP contribution in [0.3, 0.4) is 0 Å². The van der Waals surface area contributed by atoms with E-state index in [-0.39, 0.29) is 18.7 Å². The molecule has 1 amide bonds. The van der Waals surface area contributed by atoms with E-state index in [4.69, 9.17) is 5.11 Å². The van der Waals surface area contributed by atoms with Crippen molar-refractivity contribution in [3.05, 3.63) is 0 Å². The first-order chi connectivity index (χ1) is 7.04. The minimum atomic E-state index is -0.941. The van der Waals surface area contributed by atoms with Crippen LogP contribution in [0.1, 0.15) is 12.8 Å². The molecular formula is C9H16N2O4. The second-order valence-electron chi connectivity index (χ2n) is 3.66. The van der Waals surface area contributed by atoms with Crippen LogP contribution >= 0.6 is 0 Å². The maximum atomic E-state index is 11.0. The molecule has 1 fully saturated rings. The van der Waals surface area contributed by atoms with Gasteiger partial charge < -0.3 is 15.5 Å². The fourth-order valence-corrected chi connectivity index (χ4v) is 1.75. The highest BCUT2D eigenvalue weighted by Gasteiger charge is 2.35. The Kier molecular flexibility index (Phi) is 4.05. The lowest BCUT2D eigenvalue weighted by molar-refractivity contribution is -0.142. The van der Waals surface area contributed by atoms with E-state index in [2.05, 4.69) is 5.32 Å². The van der Waals surface area contributed by atoms with Crippen LogP contribution in [0.4, 0.5) is 0 Å². The van der Waals surface area contributed by atoms with Gasteiger partial charge in [-0.25, -0.2) is 0 Å². The van der Waals surface area contributed by atoms with Gasteiger partial charge in [-0.05, 0) is 0 Å². The molecule has 1 aliphatic heterocycles. The van der Waals surface area contributed by atoms with Crippen molar-refractivity contribution in [3.8, 4) is 0 Å². The Hall–Kier alpha value is -1.14. The van der Waals surface area contributed by atoms with Gasteiger partial charge in [0.2, 0.25) is 5.91 Å². The van der Waals surface area contributed by atoms with Gasteiger partial charge in [-0.3, -0.25) is 14.5 Å². The first-order valence-electron chi connectivity index (χ1n) is 4.90. The second-order valence-corrected chi connectivity index (χ2v) is 3.66. The van der Waals surface area contributed by atoms with Gasteiger partial charge in [-0.2, -0.15) is 0 Å². The molecule has 15 heavy (non-hydrogen) atoms. The number of nitrogens with zero attached hydrogens (tertiary/aromatic N) is 1. The van der Waals surface area contributed by atoms with Crippen LogP contribution in [0, 0.1) is 0 Å². The van der Waals surface area contributed by atoms with Crippen LogP contribution in [-0.4, -0.2) is 59.3 Å². The summed E-state index contributed by atoms with van der Waals surface area (Å²) in [5, 5.41) is 20.7. The van der Waals surface area contributed by atoms with E-state index < -0.39 is 18.1 Å². The Morgan fingerprint density at radius 3 is 2.73 bits per heavy atom. The number of likely N-dealkylation sites (tertiary alicyclic amines) is 1. The molecule has 0 saturated carbocycles. The Labute approximate surface area is 87.9 Å². The van der Waals surface area contributed by atoms with Crippen LogP contribution in [0.5, 0.6) is 0 Å². The van der Waals surface area contributed by atoms with Crippen LogP contribution in [0.15, 0.2) is 0 Å². The summed E-state index contributed by atoms with van der Waals surface area (Å²) in [6.45, 7) is 0.696. The highest BCUT2D eigenvalue weighted by Crippen LogP contribution is 2.18. The number of amides is 1. The Morgan fingerprint density at radius 1 is 1.53 bits per heavy atom. The van der Waals surface area contributed by atoms with Gasteiger partial charge in [0.25, 0.3) is 0 Å². The molecule has 1 aliphatic rings. The number of nitrogens with one attached hydrogen (secondary N) is 1. The molecule has 0 aromatic heterocycles. The average molecular weight is 216 g/mol. The van der Waals surface area contributed by atoms with Gasteiger partial charge in [0.15, 0.2) is 0 Å². The van der Waals surface area contributed by atoms with Crippen molar-refractivity contribution >= 4 is 11.9 Å². The van der Waals surface area contributed by atoms with Crippen molar-refractivity contribution in [2.75, 3.05) is 20.1 Å². The predicted molar refractivity (Wildman–Crippen MR) is 52.3 cm³/mol. The molecule has 1 saturated heterocycles. The number of rotatable bonds is 4. The zero-order chi connectivity index (χ0) is 11.4. The van der Waals surface area contributed by atoms with Crippen molar-refractivity contribution < 1.29 is 19.8 Å². The molecule has 0 bridgehead atoms. The van der Waals surface area contributed by atoms with E-state index in [1.54, 1.807) is 4.90 Å². The molecule has 0 aromatic rings. The normalized spacial score (nSPS) is 26.5. The minimum Gasteiger partial charge on any atom is -0.480 e. The van der Waals surface area contributed by atoms with Crippen LogP contribution in [0.2, 0.25) is 0 Å². The Balaban J connectivity index is 2.45. The van der Waals surface area contributed by atoms with E-state index >= 15 is 0 Å². The van der Waals surface area contributed by atoms with E-state index in [0.29, 0.717) is 13.1 Å². The number of carboxylic acids is 1. The number of hydrogen-bond donors (Lipinski definition) is 3. The number of aliphatic hydroxyl groups excluding tert-OH is 1. The highest BCUT2D eigenvalue weighted by molar-refractivity contribution is 5.76. The maximum Gasteiger partial charge on any atom is 0.321 e. The molecule has 2 atom stereocenters. The van der Waals surface area contributed by atoms with E-state index in [9.17, 15) is 14.7 Å². The van der Waals surface area contributed by atoms with Gasteiger partial charge >= 0.3 is 5.97 Å². The molecule has 0 aromatic carbocycles. The number of carboxylic acid groups (broad SMARTS) is 1. The smallest absolute Gasteiger partial charge is 0.321 e. The largest absolute Gasteiger partial charge is 0.480 e.